The number of hydrogen-bond acceptors (Lipinski definition) is 6. The van der Waals surface area contributed by atoms with Gasteiger partial charge in [0.1, 0.15) is 24.1 Å². The molecule has 3 N–H and O–H groups in total. The minimum Gasteiger partial charge on any atom is -0.393 e. The minimum absolute atomic E-state index is 0.0727. The van der Waals surface area contributed by atoms with E-state index in [1.807, 2.05) is 0 Å². The number of Topliss-reactive ketones (excluding diaryl/α,β-unsaturated/α-hetero) is 1. The Bertz CT molecular complexity index is 1160. The minimum atomic E-state index is -5.15. The second-order valence-electron chi connectivity index (χ2n) is 6.84. The van der Waals surface area contributed by atoms with Crippen LogP contribution in [0.15, 0.2) is 65.8 Å². The number of hydrogen-bond donors (Lipinski definition) is 2. The maximum Gasteiger partial charge on any atom is 0.452 e. The summed E-state index contributed by atoms with van der Waals surface area (Å²) in [6.45, 7) is -0.690. The van der Waals surface area contributed by atoms with Crippen LogP contribution in [0.4, 0.5) is 18.9 Å². The number of alkyl halides is 3. The summed E-state index contributed by atoms with van der Waals surface area (Å²) in [7, 11) is 0. The van der Waals surface area contributed by atoms with Crippen LogP contribution in [-0.2, 0) is 22.6 Å². The number of carbonyl (C=O) groups is 2. The molecule has 0 radical (unpaired) electrons. The van der Waals surface area contributed by atoms with Gasteiger partial charge >= 0.3 is 6.18 Å². The van der Waals surface area contributed by atoms with Gasteiger partial charge in [-0.3, -0.25) is 23.9 Å². The number of rotatable bonds is 7. The number of amides is 1. The van der Waals surface area contributed by atoms with Gasteiger partial charge in [0.15, 0.2) is 0 Å². The fraction of sp³-hybridized carbons (Fsp3) is 0.190. The number of carbonyl (C=O) groups excluding carboxylic acids is 2. The average Bonchev–Trinajstić information content (AvgIpc) is 2.77. The normalized spacial score (nSPS) is 12.2. The summed E-state index contributed by atoms with van der Waals surface area (Å²) in [5.74, 6) is -3.00. The summed E-state index contributed by atoms with van der Waals surface area (Å²) in [4.78, 5) is 45.0. The molecule has 2 aromatic heterocycles. The molecule has 8 nitrogen and oxygen atoms in total. The van der Waals surface area contributed by atoms with E-state index < -0.39 is 36.0 Å². The highest BCUT2D eigenvalue weighted by molar-refractivity contribution is 5.93. The van der Waals surface area contributed by atoms with E-state index in [9.17, 15) is 27.6 Å². The van der Waals surface area contributed by atoms with Crippen molar-refractivity contribution < 1.29 is 22.8 Å². The lowest BCUT2D eigenvalue weighted by Gasteiger charge is -2.20. The highest BCUT2D eigenvalue weighted by Gasteiger charge is 2.43. The predicted octanol–water partition coefficient (Wildman–Crippen LogP) is 1.75. The Morgan fingerprint density at radius 2 is 1.75 bits per heavy atom. The molecule has 3 rings (SSSR count). The topological polar surface area (TPSA) is 120 Å². The largest absolute Gasteiger partial charge is 0.452 e. The van der Waals surface area contributed by atoms with Crippen LogP contribution in [-0.4, -0.2) is 38.4 Å². The number of pyridine rings is 1. The second kappa shape index (κ2) is 9.41. The molecular weight excluding hydrogens is 427 g/mol. The number of anilines is 1. The fourth-order valence-corrected chi connectivity index (χ4v) is 3.03. The number of nitrogens with one attached hydrogen (secondary N) is 1. The molecule has 0 aliphatic carbocycles. The van der Waals surface area contributed by atoms with Gasteiger partial charge in [-0.2, -0.15) is 13.2 Å². The third-order valence-electron chi connectivity index (χ3n) is 4.53. The number of nitrogens with two attached hydrogens (primary N) is 1. The van der Waals surface area contributed by atoms with E-state index >= 15 is 0 Å². The first-order valence-electron chi connectivity index (χ1n) is 9.37. The van der Waals surface area contributed by atoms with Gasteiger partial charge in [0.25, 0.3) is 11.3 Å². The quantitative estimate of drug-likeness (QED) is 0.572. The highest BCUT2D eigenvalue weighted by Crippen LogP contribution is 2.20. The number of benzene rings is 1. The SMILES string of the molecule is Nc1cnc(-c2ccncc2)n(CC(=O)NC(Cc2ccccc2)C(=O)C(F)(F)F)c1=O. The van der Waals surface area contributed by atoms with E-state index in [2.05, 4.69) is 15.3 Å². The van der Waals surface area contributed by atoms with E-state index in [0.29, 0.717) is 11.1 Å². The third-order valence-corrected chi connectivity index (χ3v) is 4.53. The van der Waals surface area contributed by atoms with Gasteiger partial charge in [-0.15, -0.1) is 0 Å². The van der Waals surface area contributed by atoms with Crippen LogP contribution >= 0.6 is 0 Å². The molecule has 0 fully saturated rings. The predicted molar refractivity (Wildman–Crippen MR) is 109 cm³/mol. The van der Waals surface area contributed by atoms with Gasteiger partial charge in [-0.1, -0.05) is 30.3 Å². The van der Waals surface area contributed by atoms with Crippen molar-refractivity contribution in [3.63, 3.8) is 0 Å². The van der Waals surface area contributed by atoms with Gasteiger partial charge in [0.2, 0.25) is 5.91 Å². The van der Waals surface area contributed by atoms with Crippen LogP contribution in [0.2, 0.25) is 0 Å². The first-order chi connectivity index (χ1) is 15.2. The molecule has 3 aromatic rings. The molecule has 0 spiro atoms. The van der Waals surface area contributed by atoms with Crippen LogP contribution in [0.5, 0.6) is 0 Å². The molecule has 0 bridgehead atoms. The van der Waals surface area contributed by atoms with Gasteiger partial charge in [0, 0.05) is 24.4 Å². The summed E-state index contributed by atoms with van der Waals surface area (Å²) in [5.41, 5.74) is 5.48. The number of ketones is 1. The Morgan fingerprint density at radius 1 is 1.09 bits per heavy atom. The van der Waals surface area contributed by atoms with Crippen LogP contribution < -0.4 is 16.6 Å². The molecule has 0 saturated carbocycles. The molecular formula is C21H18F3N5O3. The van der Waals surface area contributed by atoms with Crippen molar-refractivity contribution >= 4 is 17.4 Å². The van der Waals surface area contributed by atoms with E-state index in [4.69, 9.17) is 5.73 Å². The fourth-order valence-electron chi connectivity index (χ4n) is 3.03. The molecule has 166 valence electrons. The van der Waals surface area contributed by atoms with Crippen molar-refractivity contribution in [1.29, 1.82) is 0 Å². The highest BCUT2D eigenvalue weighted by atomic mass is 19.4. The van der Waals surface area contributed by atoms with Crippen molar-refractivity contribution in [2.45, 2.75) is 25.2 Å². The Labute approximate surface area is 179 Å². The summed E-state index contributed by atoms with van der Waals surface area (Å²) in [6, 6.07) is 9.17. The van der Waals surface area contributed by atoms with Crippen molar-refractivity contribution in [1.82, 2.24) is 19.9 Å². The third kappa shape index (κ3) is 5.36. The maximum absolute atomic E-state index is 13.1. The summed E-state index contributed by atoms with van der Waals surface area (Å²) in [6.07, 6.45) is -1.51. The molecule has 11 heteroatoms. The Hall–Kier alpha value is -4.02. The molecule has 1 aromatic carbocycles. The Morgan fingerprint density at radius 3 is 2.38 bits per heavy atom. The van der Waals surface area contributed by atoms with Gasteiger partial charge in [-0.25, -0.2) is 4.98 Å². The smallest absolute Gasteiger partial charge is 0.393 e. The summed E-state index contributed by atoms with van der Waals surface area (Å²) >= 11 is 0. The first-order valence-corrected chi connectivity index (χ1v) is 9.37. The average molecular weight is 445 g/mol. The molecule has 0 aliphatic heterocycles. The lowest BCUT2D eigenvalue weighted by atomic mass is 10.0. The van der Waals surface area contributed by atoms with Crippen molar-refractivity contribution in [3.05, 3.63) is 77.0 Å². The summed E-state index contributed by atoms with van der Waals surface area (Å²) < 4.78 is 40.2. The van der Waals surface area contributed by atoms with Gasteiger partial charge in [0.05, 0.1) is 6.20 Å². The van der Waals surface area contributed by atoms with E-state index in [0.717, 1.165) is 10.8 Å². The zero-order valence-electron chi connectivity index (χ0n) is 16.5. The van der Waals surface area contributed by atoms with Crippen LogP contribution in [0.1, 0.15) is 5.56 Å². The maximum atomic E-state index is 13.1. The zero-order valence-corrected chi connectivity index (χ0v) is 16.5. The number of nitrogens with zero attached hydrogens (tertiary/aromatic N) is 3. The number of aromatic nitrogens is 3. The van der Waals surface area contributed by atoms with Crippen LogP contribution in [0.3, 0.4) is 0 Å². The first kappa shape index (κ1) is 22.7. The molecule has 1 amide bonds. The van der Waals surface area contributed by atoms with Gasteiger partial charge in [-0.05, 0) is 17.7 Å². The molecule has 1 unspecified atom stereocenters. The van der Waals surface area contributed by atoms with Crippen LogP contribution in [0.25, 0.3) is 11.4 Å². The molecule has 32 heavy (non-hydrogen) atoms. The van der Waals surface area contributed by atoms with Gasteiger partial charge < -0.3 is 11.1 Å². The second-order valence-corrected chi connectivity index (χ2v) is 6.84. The Balaban J connectivity index is 1.89. The van der Waals surface area contributed by atoms with E-state index in [1.54, 1.807) is 18.2 Å². The Kier molecular flexibility index (Phi) is 6.67. The van der Waals surface area contributed by atoms with E-state index in [-0.39, 0.29) is 17.9 Å². The monoisotopic (exact) mass is 445 g/mol. The number of nitrogen functional groups attached to an aromatic ring is 1. The molecule has 0 saturated heterocycles. The summed E-state index contributed by atoms with van der Waals surface area (Å²) in [5, 5.41) is 2.10. The van der Waals surface area contributed by atoms with Crippen LogP contribution in [0, 0.1) is 0 Å². The van der Waals surface area contributed by atoms with Crippen molar-refractivity contribution in [3.8, 4) is 11.4 Å². The van der Waals surface area contributed by atoms with Crippen molar-refractivity contribution in [2.75, 3.05) is 5.73 Å². The molecule has 0 aliphatic rings. The zero-order chi connectivity index (χ0) is 23.3. The molecule has 2 heterocycles. The number of halogens is 3. The van der Waals surface area contributed by atoms with E-state index in [1.165, 1.54) is 36.7 Å². The lowest BCUT2D eigenvalue weighted by molar-refractivity contribution is -0.173. The standard InChI is InChI=1S/C21H18F3N5O3/c22-21(23,24)18(31)16(10-13-4-2-1-3-5-13)28-17(30)12-29-19(14-6-8-26-9-7-14)27-11-15(25)20(29)32/h1-9,11,16H,10,12,25H2,(H,28,30). The molecule has 1 atom stereocenters. The van der Waals surface area contributed by atoms with Crippen molar-refractivity contribution in [2.24, 2.45) is 0 Å². The lowest BCUT2D eigenvalue weighted by Crippen LogP contribution is -2.49.